The lowest BCUT2D eigenvalue weighted by molar-refractivity contribution is -0.281. The lowest BCUT2D eigenvalue weighted by Crippen LogP contribution is -2.10. The van der Waals surface area contributed by atoms with Crippen LogP contribution in [0.3, 0.4) is 0 Å². The fraction of sp³-hybridized carbons (Fsp3) is 0.550. The Morgan fingerprint density at radius 3 is 2.21 bits per heavy atom. The summed E-state index contributed by atoms with van der Waals surface area (Å²) in [6.07, 6.45) is 23.6. The minimum Gasteiger partial charge on any atom is -0.478 e. The van der Waals surface area contributed by atoms with Gasteiger partial charge in [0.2, 0.25) is 0 Å². The van der Waals surface area contributed by atoms with Gasteiger partial charge in [0.25, 0.3) is 0 Å². The highest BCUT2D eigenvalue weighted by Gasteiger charge is 2.07. The van der Waals surface area contributed by atoms with Crippen molar-refractivity contribution in [2.75, 3.05) is 0 Å². The normalized spacial score (nSPS) is 13.8. The molecule has 0 fully saturated rings. The van der Waals surface area contributed by atoms with Gasteiger partial charge in [-0.15, -0.1) is 0 Å². The van der Waals surface area contributed by atoms with Crippen LogP contribution in [0.4, 0.5) is 0 Å². The second kappa shape index (κ2) is 17.7. The van der Waals surface area contributed by atoms with Gasteiger partial charge in [-0.25, -0.2) is 9.68 Å². The summed E-state index contributed by atoms with van der Waals surface area (Å²) in [4.78, 5) is 14.8. The molecule has 2 N–H and O–H groups in total. The predicted octanol–water partition coefficient (Wildman–Crippen LogP) is 5.68. The van der Waals surface area contributed by atoms with Crippen LogP contribution < -0.4 is 0 Å². The maximum absolute atomic E-state index is 10.2. The largest absolute Gasteiger partial charge is 0.478 e. The molecule has 0 rings (SSSR count). The summed E-state index contributed by atoms with van der Waals surface area (Å²) in [6, 6.07) is 0. The molecule has 0 aromatic carbocycles. The average Bonchev–Trinajstić information content (AvgIpc) is 2.57. The molecule has 0 saturated carbocycles. The zero-order valence-corrected chi connectivity index (χ0v) is 14.8. The maximum Gasteiger partial charge on any atom is 0.328 e. The van der Waals surface area contributed by atoms with Gasteiger partial charge in [-0.05, 0) is 19.3 Å². The second-order valence-corrected chi connectivity index (χ2v) is 5.76. The zero-order chi connectivity index (χ0) is 17.9. The first-order chi connectivity index (χ1) is 11.7. The monoisotopic (exact) mass is 336 g/mol. The first-order valence-electron chi connectivity index (χ1n) is 8.90. The molecule has 0 spiro atoms. The summed E-state index contributed by atoms with van der Waals surface area (Å²) in [5.74, 6) is -0.954. The van der Waals surface area contributed by atoms with Gasteiger partial charge < -0.3 is 5.11 Å². The molecule has 0 aromatic heterocycles. The van der Waals surface area contributed by atoms with Gasteiger partial charge in [0.05, 0.1) is 6.10 Å². The van der Waals surface area contributed by atoms with Gasteiger partial charge >= 0.3 is 5.97 Å². The Labute approximate surface area is 146 Å². The summed E-state index contributed by atoms with van der Waals surface area (Å²) in [6.45, 7) is 2.21. The minimum absolute atomic E-state index is 0.0779. The Hall–Kier alpha value is -1.65. The van der Waals surface area contributed by atoms with Crippen LogP contribution >= 0.6 is 0 Å². The van der Waals surface area contributed by atoms with Gasteiger partial charge in [-0.2, -0.15) is 0 Å². The van der Waals surface area contributed by atoms with Crippen molar-refractivity contribution in [2.24, 2.45) is 0 Å². The predicted molar refractivity (Wildman–Crippen MR) is 98.9 cm³/mol. The summed E-state index contributed by atoms with van der Waals surface area (Å²) >= 11 is 0. The zero-order valence-electron chi connectivity index (χ0n) is 14.8. The van der Waals surface area contributed by atoms with Gasteiger partial charge in [0, 0.05) is 6.08 Å². The number of carboxylic acid groups (broad SMARTS) is 1. The van der Waals surface area contributed by atoms with Crippen molar-refractivity contribution < 1.29 is 20.0 Å². The highest BCUT2D eigenvalue weighted by molar-refractivity contribution is 5.80. The molecule has 0 aliphatic carbocycles. The number of hydrogen-bond donors (Lipinski definition) is 2. The van der Waals surface area contributed by atoms with Crippen molar-refractivity contribution >= 4 is 5.97 Å². The van der Waals surface area contributed by atoms with Crippen LogP contribution in [0.15, 0.2) is 48.6 Å². The van der Waals surface area contributed by atoms with Crippen LogP contribution in [-0.2, 0) is 9.68 Å². The minimum atomic E-state index is -0.954. The molecular formula is C20H32O4. The molecule has 0 aromatic rings. The Kier molecular flexibility index (Phi) is 16.5. The Bertz CT molecular complexity index is 408. The van der Waals surface area contributed by atoms with E-state index in [1.165, 1.54) is 38.2 Å². The quantitative estimate of drug-likeness (QED) is 0.133. The average molecular weight is 336 g/mol. The van der Waals surface area contributed by atoms with Gasteiger partial charge in [-0.3, -0.25) is 5.26 Å². The van der Waals surface area contributed by atoms with Crippen molar-refractivity contribution in [3.8, 4) is 0 Å². The lowest BCUT2D eigenvalue weighted by Gasteiger charge is -2.11. The van der Waals surface area contributed by atoms with Crippen molar-refractivity contribution in [1.82, 2.24) is 0 Å². The molecule has 0 aliphatic heterocycles. The van der Waals surface area contributed by atoms with E-state index in [2.05, 4.69) is 11.8 Å². The number of hydrogen-bond acceptors (Lipinski definition) is 3. The Balaban J connectivity index is 3.72. The number of carbonyl (C=O) groups is 1. The van der Waals surface area contributed by atoms with Crippen LogP contribution in [0.25, 0.3) is 0 Å². The van der Waals surface area contributed by atoms with E-state index >= 15 is 0 Å². The molecule has 0 aliphatic rings. The molecule has 1 atom stereocenters. The maximum atomic E-state index is 10.2. The van der Waals surface area contributed by atoms with Crippen molar-refractivity contribution in [3.63, 3.8) is 0 Å². The summed E-state index contributed by atoms with van der Waals surface area (Å²) in [7, 11) is 0. The molecule has 136 valence electrons. The third kappa shape index (κ3) is 16.7. The first kappa shape index (κ1) is 22.4. The molecule has 4 nitrogen and oxygen atoms in total. The third-order valence-corrected chi connectivity index (χ3v) is 3.61. The van der Waals surface area contributed by atoms with E-state index in [0.29, 0.717) is 0 Å². The number of aliphatic carboxylic acids is 1. The highest BCUT2D eigenvalue weighted by atomic mass is 17.1. The molecule has 0 saturated heterocycles. The lowest BCUT2D eigenvalue weighted by atomic mass is 10.0. The first-order valence-corrected chi connectivity index (χ1v) is 8.90. The molecule has 4 heteroatoms. The van der Waals surface area contributed by atoms with Gasteiger partial charge in [0.15, 0.2) is 0 Å². The van der Waals surface area contributed by atoms with E-state index in [1.807, 2.05) is 24.3 Å². The highest BCUT2D eigenvalue weighted by Crippen LogP contribution is 2.13. The standard InChI is InChI=1S/C20H32O4/c1-2-3-4-5-10-13-16-19(24-23)17-14-11-8-6-7-9-12-15-18-20(21)22/h6-9,11-12,15,18-19,23H,2-5,10,13-14,16-17H2,1H3,(H,21,22)/t19-/m0/s1. The van der Waals surface area contributed by atoms with Crippen LogP contribution in [0.2, 0.25) is 0 Å². The second-order valence-electron chi connectivity index (χ2n) is 5.76. The van der Waals surface area contributed by atoms with E-state index in [9.17, 15) is 4.79 Å². The molecule has 0 unspecified atom stereocenters. The molecule has 0 heterocycles. The van der Waals surface area contributed by atoms with Crippen molar-refractivity contribution in [3.05, 3.63) is 48.6 Å². The smallest absolute Gasteiger partial charge is 0.328 e. The van der Waals surface area contributed by atoms with Gasteiger partial charge in [-0.1, -0.05) is 88.0 Å². The fourth-order valence-corrected chi connectivity index (χ4v) is 2.25. The van der Waals surface area contributed by atoms with Crippen molar-refractivity contribution in [2.45, 2.75) is 70.8 Å². The molecule has 24 heavy (non-hydrogen) atoms. The number of unbranched alkanes of at least 4 members (excludes halogenated alkanes) is 5. The van der Waals surface area contributed by atoms with Crippen LogP contribution in [0.5, 0.6) is 0 Å². The number of carboxylic acids is 1. The van der Waals surface area contributed by atoms with Crippen LogP contribution in [0, 0.1) is 0 Å². The number of rotatable bonds is 15. The molecule has 0 radical (unpaired) electrons. The molecule has 0 amide bonds. The van der Waals surface area contributed by atoms with Crippen LogP contribution in [-0.4, -0.2) is 22.4 Å². The Morgan fingerprint density at radius 1 is 0.917 bits per heavy atom. The van der Waals surface area contributed by atoms with E-state index < -0.39 is 5.97 Å². The summed E-state index contributed by atoms with van der Waals surface area (Å²) < 4.78 is 0. The SMILES string of the molecule is CCCCCCCC[C@@H](CCC=CC=CC=CC=CC(=O)O)OO. The topological polar surface area (TPSA) is 66.8 Å². The van der Waals surface area contributed by atoms with Gasteiger partial charge in [0.1, 0.15) is 0 Å². The molecule has 0 bridgehead atoms. The van der Waals surface area contributed by atoms with Crippen LogP contribution in [0.1, 0.15) is 64.7 Å². The van der Waals surface area contributed by atoms with Crippen molar-refractivity contribution in [1.29, 1.82) is 0 Å². The fourth-order valence-electron chi connectivity index (χ4n) is 2.25. The van der Waals surface area contributed by atoms with E-state index in [0.717, 1.165) is 31.8 Å². The third-order valence-electron chi connectivity index (χ3n) is 3.61. The number of allylic oxidation sites excluding steroid dienone is 7. The summed E-state index contributed by atoms with van der Waals surface area (Å²) in [5.41, 5.74) is 0. The van der Waals surface area contributed by atoms with E-state index in [1.54, 1.807) is 12.2 Å². The molecular weight excluding hydrogens is 304 g/mol. The van der Waals surface area contributed by atoms with E-state index in [-0.39, 0.29) is 6.10 Å². The Morgan fingerprint density at radius 2 is 1.54 bits per heavy atom. The summed E-state index contributed by atoms with van der Waals surface area (Å²) in [5, 5.41) is 17.3. The van der Waals surface area contributed by atoms with E-state index in [4.69, 9.17) is 10.4 Å².